The number of hydrogen-bond acceptors (Lipinski definition) is 1. The number of aromatic hydroxyl groups is 1. The number of rotatable bonds is 1. The predicted octanol–water partition coefficient (Wildman–Crippen LogP) is 4.86. The Bertz CT molecular complexity index is 1100. The highest BCUT2D eigenvalue weighted by Crippen LogP contribution is 2.45. The number of aromatic nitrogens is 1. The van der Waals surface area contributed by atoms with Crippen LogP contribution >= 0.6 is 0 Å². The quantitative estimate of drug-likeness (QED) is 0.716. The molecule has 0 radical (unpaired) electrons. The molecule has 1 N–H and O–H groups in total. The standard InChI is InChI=1S/C21H23BF2N2O/c1-11-9-17(27)10-12(2)18(11)19-20-13(3)7-15(5)25(20)22(23,24)26-16(6)8-14(4)21(19)26/h7-10,27H,1-6H3. The van der Waals surface area contributed by atoms with Gasteiger partial charge in [0.05, 0.1) is 5.57 Å². The van der Waals surface area contributed by atoms with E-state index in [0.717, 1.165) is 33.4 Å². The molecule has 0 unspecified atom stereocenters. The monoisotopic (exact) mass is 368 g/mol. The second-order valence-corrected chi connectivity index (χ2v) is 7.79. The van der Waals surface area contributed by atoms with E-state index in [-0.39, 0.29) is 5.75 Å². The molecule has 0 fully saturated rings. The van der Waals surface area contributed by atoms with Crippen LogP contribution in [0.15, 0.2) is 35.5 Å². The van der Waals surface area contributed by atoms with Crippen LogP contribution in [0.3, 0.4) is 0 Å². The van der Waals surface area contributed by atoms with E-state index in [1.54, 1.807) is 26.0 Å². The fourth-order valence-electron chi connectivity index (χ4n) is 4.87. The van der Waals surface area contributed by atoms with E-state index in [0.29, 0.717) is 22.8 Å². The largest absolute Gasteiger partial charge is 0.737 e. The van der Waals surface area contributed by atoms with Crippen LogP contribution in [0.4, 0.5) is 8.63 Å². The number of allylic oxidation sites excluding steroid dienone is 2. The van der Waals surface area contributed by atoms with Crippen molar-refractivity contribution in [3.05, 3.63) is 69.2 Å². The zero-order chi connectivity index (χ0) is 19.8. The molecule has 140 valence electrons. The summed E-state index contributed by atoms with van der Waals surface area (Å²) in [5.74, 6) is 0.186. The Labute approximate surface area is 158 Å². The van der Waals surface area contributed by atoms with Crippen molar-refractivity contribution >= 4 is 18.3 Å². The van der Waals surface area contributed by atoms with E-state index in [1.165, 1.54) is 8.96 Å². The molecule has 0 saturated carbocycles. The molecule has 0 spiro atoms. The van der Waals surface area contributed by atoms with Gasteiger partial charge in [-0.1, -0.05) is 0 Å². The molecule has 1 aromatic heterocycles. The summed E-state index contributed by atoms with van der Waals surface area (Å²) in [4.78, 5) is 0. The van der Waals surface area contributed by atoms with Crippen LogP contribution in [-0.2, 0) is 0 Å². The molecule has 1 aromatic carbocycles. The number of aryl methyl sites for hydroxylation is 4. The summed E-state index contributed by atoms with van der Waals surface area (Å²) in [7, 11) is 0. The Morgan fingerprint density at radius 1 is 0.926 bits per heavy atom. The number of phenolic OH excluding ortho intramolecular Hbond substituents is 1. The number of hydrogen-bond donors (Lipinski definition) is 1. The predicted molar refractivity (Wildman–Crippen MR) is 106 cm³/mol. The van der Waals surface area contributed by atoms with Gasteiger partial charge in [-0.3, -0.25) is 0 Å². The van der Waals surface area contributed by atoms with Gasteiger partial charge in [0.15, 0.2) is 5.70 Å². The third-order valence-electron chi connectivity index (χ3n) is 5.70. The molecule has 3 nitrogen and oxygen atoms in total. The van der Waals surface area contributed by atoms with E-state index in [9.17, 15) is 5.11 Å². The van der Waals surface area contributed by atoms with Gasteiger partial charge < -0.3 is 22.7 Å². The summed E-state index contributed by atoms with van der Waals surface area (Å²) in [6.45, 7) is 7.10. The van der Waals surface area contributed by atoms with E-state index < -0.39 is 6.97 Å². The lowest BCUT2D eigenvalue weighted by Gasteiger charge is -2.34. The van der Waals surface area contributed by atoms with Gasteiger partial charge in [-0.2, -0.15) is 0 Å². The smallest absolute Gasteiger partial charge is 0.508 e. The Morgan fingerprint density at radius 2 is 1.52 bits per heavy atom. The van der Waals surface area contributed by atoms with Crippen LogP contribution in [0.5, 0.6) is 5.75 Å². The number of halogens is 2. The average molecular weight is 368 g/mol. The molecule has 4 rings (SSSR count). The molecule has 27 heavy (non-hydrogen) atoms. The molecule has 3 heterocycles. The summed E-state index contributed by atoms with van der Waals surface area (Å²) < 4.78 is 33.7. The van der Waals surface area contributed by atoms with Crippen molar-refractivity contribution in [1.82, 2.24) is 4.48 Å². The lowest BCUT2D eigenvalue weighted by Crippen LogP contribution is -2.51. The molecule has 0 saturated heterocycles. The van der Waals surface area contributed by atoms with Crippen LogP contribution in [0.2, 0.25) is 0 Å². The maximum atomic E-state index is 15.6. The van der Waals surface area contributed by atoms with Crippen LogP contribution in [0, 0.1) is 27.7 Å². The van der Waals surface area contributed by atoms with Crippen molar-refractivity contribution in [3.8, 4) is 5.75 Å². The molecule has 0 amide bonds. The highest BCUT2D eigenvalue weighted by molar-refractivity contribution is 6.58. The second kappa shape index (κ2) is 5.44. The lowest BCUT2D eigenvalue weighted by molar-refractivity contribution is -0.363. The molecular weight excluding hydrogens is 345 g/mol. The molecular formula is C21H23BF2N2O. The molecule has 0 aliphatic carbocycles. The van der Waals surface area contributed by atoms with Crippen LogP contribution in [0.25, 0.3) is 5.57 Å². The number of phenols is 1. The molecule has 2 aliphatic rings. The third kappa shape index (κ3) is 2.22. The summed E-state index contributed by atoms with van der Waals surface area (Å²) >= 11 is 0. The third-order valence-corrected chi connectivity index (χ3v) is 5.70. The van der Waals surface area contributed by atoms with E-state index in [4.69, 9.17) is 0 Å². The molecule has 6 heteroatoms. The Morgan fingerprint density at radius 3 is 2.11 bits per heavy atom. The first-order valence-electron chi connectivity index (χ1n) is 9.13. The number of nitrogens with zero attached hydrogens (tertiary/aromatic N) is 2. The van der Waals surface area contributed by atoms with Gasteiger partial charge >= 0.3 is 6.97 Å². The minimum atomic E-state index is -3.97. The molecule has 0 bridgehead atoms. The van der Waals surface area contributed by atoms with Crippen LogP contribution < -0.4 is 0 Å². The summed E-state index contributed by atoms with van der Waals surface area (Å²) in [5.41, 5.74) is 7.38. The normalized spacial score (nSPS) is 18.0. The first-order chi connectivity index (χ1) is 12.6. The summed E-state index contributed by atoms with van der Waals surface area (Å²) in [5, 5.41) is 9.97. The number of benzene rings is 1. The fourth-order valence-corrected chi connectivity index (χ4v) is 4.87. The lowest BCUT2D eigenvalue weighted by atomic mass is 9.81. The summed E-state index contributed by atoms with van der Waals surface area (Å²) in [6, 6.07) is 5.21. The first kappa shape index (κ1) is 17.8. The van der Waals surface area contributed by atoms with Gasteiger partial charge in [-0.25, -0.2) is 0 Å². The van der Waals surface area contributed by atoms with E-state index in [2.05, 4.69) is 0 Å². The maximum absolute atomic E-state index is 15.6. The van der Waals surface area contributed by atoms with Gasteiger partial charge in [-0.05, 0) is 80.8 Å². The second-order valence-electron chi connectivity index (χ2n) is 7.79. The van der Waals surface area contributed by atoms with Crippen molar-refractivity contribution in [3.63, 3.8) is 0 Å². The Kier molecular flexibility index (Phi) is 3.58. The van der Waals surface area contributed by atoms with Crippen molar-refractivity contribution in [1.29, 1.82) is 0 Å². The van der Waals surface area contributed by atoms with Gasteiger partial charge in [0, 0.05) is 24.3 Å². The van der Waals surface area contributed by atoms with Crippen molar-refractivity contribution < 1.29 is 18.2 Å². The Hall–Kier alpha value is -2.63. The van der Waals surface area contributed by atoms with E-state index >= 15 is 8.63 Å². The molecule has 2 aromatic rings. The van der Waals surface area contributed by atoms with Crippen molar-refractivity contribution in [2.24, 2.45) is 0 Å². The van der Waals surface area contributed by atoms with Crippen molar-refractivity contribution in [2.75, 3.05) is 0 Å². The van der Waals surface area contributed by atoms with Gasteiger partial charge in [0.25, 0.3) is 0 Å². The maximum Gasteiger partial charge on any atom is 0.737 e. The van der Waals surface area contributed by atoms with Gasteiger partial charge in [-0.15, -0.1) is 0 Å². The first-order valence-corrected chi connectivity index (χ1v) is 9.13. The van der Waals surface area contributed by atoms with Crippen LogP contribution in [0.1, 0.15) is 47.5 Å². The van der Waals surface area contributed by atoms with Crippen molar-refractivity contribution in [2.45, 2.75) is 41.5 Å². The van der Waals surface area contributed by atoms with E-state index in [1.807, 2.05) is 39.8 Å². The average Bonchev–Trinajstić information content (AvgIpc) is 2.99. The zero-order valence-corrected chi connectivity index (χ0v) is 16.5. The fraction of sp³-hybridized carbons (Fsp3) is 0.286. The van der Waals surface area contributed by atoms with Gasteiger partial charge in [0.2, 0.25) is 0 Å². The topological polar surface area (TPSA) is 28.2 Å². The number of fused-ring (bicyclic) bond motifs is 2. The molecule has 0 atom stereocenters. The Balaban J connectivity index is 2.23. The highest BCUT2D eigenvalue weighted by atomic mass is 19.2. The minimum absolute atomic E-state index is 0.186. The van der Waals surface area contributed by atoms with Gasteiger partial charge in [0.1, 0.15) is 11.5 Å². The summed E-state index contributed by atoms with van der Waals surface area (Å²) in [6.07, 6.45) is 1.83. The highest BCUT2D eigenvalue weighted by Gasteiger charge is 2.55. The zero-order valence-electron chi connectivity index (χ0n) is 16.5. The molecule has 2 aliphatic heterocycles. The SMILES string of the molecule is CC1=CC(C)=[N+]2C1=C(c1c(C)cc(O)cc1C)c1c(C)cc(C)n1[B-]2(F)F. The van der Waals surface area contributed by atoms with Crippen LogP contribution in [-0.4, -0.2) is 26.8 Å². The minimum Gasteiger partial charge on any atom is -0.508 e.